The number of hydrogen-bond acceptors (Lipinski definition) is 2. The highest BCUT2D eigenvalue weighted by Crippen LogP contribution is 2.27. The van der Waals surface area contributed by atoms with Gasteiger partial charge in [-0.15, -0.1) is 0 Å². The molecule has 1 aromatic rings. The molecule has 1 heterocycles. The van der Waals surface area contributed by atoms with Gasteiger partial charge in [0.15, 0.2) is 0 Å². The fourth-order valence-electron chi connectivity index (χ4n) is 2.46. The average Bonchev–Trinajstić information content (AvgIpc) is 2.37. The Balaban J connectivity index is 1.87. The molecule has 2 atom stereocenters. The highest BCUT2D eigenvalue weighted by molar-refractivity contribution is 5.16. The molecular formula is C15H22FNO. The van der Waals surface area contributed by atoms with Gasteiger partial charge in [-0.1, -0.05) is 19.1 Å². The average molecular weight is 251 g/mol. The lowest BCUT2D eigenvalue weighted by molar-refractivity contribution is -0.0781. The summed E-state index contributed by atoms with van der Waals surface area (Å²) in [6.07, 6.45) is 3.09. The first-order valence-electron chi connectivity index (χ1n) is 6.73. The second-order valence-electron chi connectivity index (χ2n) is 5.35. The summed E-state index contributed by atoms with van der Waals surface area (Å²) in [4.78, 5) is 0. The largest absolute Gasteiger partial charge is 0.375 e. The summed E-state index contributed by atoms with van der Waals surface area (Å²) >= 11 is 0. The molecule has 0 bridgehead atoms. The van der Waals surface area contributed by atoms with Crippen molar-refractivity contribution in [2.24, 2.45) is 0 Å². The summed E-state index contributed by atoms with van der Waals surface area (Å²) in [5.41, 5.74) is 0.998. The van der Waals surface area contributed by atoms with E-state index in [9.17, 15) is 4.39 Å². The molecule has 3 heteroatoms. The number of hydrogen-bond donors (Lipinski definition) is 1. The van der Waals surface area contributed by atoms with Crippen molar-refractivity contribution >= 4 is 0 Å². The molecule has 0 saturated carbocycles. The smallest absolute Gasteiger partial charge is 0.123 e. The number of halogens is 1. The standard InChI is InChI=1S/C15H22FNO/c1-3-15(2)10-14(7-8-18-15)17-11-12-5-4-6-13(16)9-12/h4-6,9,14,17H,3,7-8,10-11H2,1-2H3. The maximum Gasteiger partial charge on any atom is 0.123 e. The second kappa shape index (κ2) is 5.81. The Morgan fingerprint density at radius 3 is 3.06 bits per heavy atom. The molecule has 0 aliphatic carbocycles. The highest BCUT2D eigenvalue weighted by atomic mass is 19.1. The number of nitrogens with one attached hydrogen (secondary N) is 1. The van der Waals surface area contributed by atoms with Crippen molar-refractivity contribution < 1.29 is 9.13 Å². The fraction of sp³-hybridized carbons (Fsp3) is 0.600. The topological polar surface area (TPSA) is 21.3 Å². The third-order valence-electron chi connectivity index (χ3n) is 3.83. The molecule has 100 valence electrons. The van der Waals surface area contributed by atoms with Gasteiger partial charge in [0.1, 0.15) is 5.82 Å². The third kappa shape index (κ3) is 3.53. The lowest BCUT2D eigenvalue weighted by atomic mass is 9.90. The maximum atomic E-state index is 13.1. The van der Waals surface area contributed by atoms with Crippen molar-refractivity contribution in [3.8, 4) is 0 Å². The monoisotopic (exact) mass is 251 g/mol. The Labute approximate surface area is 109 Å². The van der Waals surface area contributed by atoms with Gasteiger partial charge in [0.25, 0.3) is 0 Å². The molecule has 1 fully saturated rings. The number of rotatable bonds is 4. The molecule has 0 radical (unpaired) electrons. The Kier molecular flexibility index (Phi) is 4.36. The molecule has 1 saturated heterocycles. The van der Waals surface area contributed by atoms with E-state index >= 15 is 0 Å². The quantitative estimate of drug-likeness (QED) is 0.887. The van der Waals surface area contributed by atoms with Gasteiger partial charge in [-0.3, -0.25) is 0 Å². The molecule has 1 aliphatic rings. The Hall–Kier alpha value is -0.930. The minimum Gasteiger partial charge on any atom is -0.375 e. The van der Waals surface area contributed by atoms with Crippen LogP contribution in [0.3, 0.4) is 0 Å². The van der Waals surface area contributed by atoms with Crippen LogP contribution in [-0.4, -0.2) is 18.2 Å². The van der Waals surface area contributed by atoms with E-state index in [1.807, 2.05) is 6.07 Å². The van der Waals surface area contributed by atoms with E-state index in [-0.39, 0.29) is 11.4 Å². The first-order valence-corrected chi connectivity index (χ1v) is 6.73. The lowest BCUT2D eigenvalue weighted by Gasteiger charge is -2.38. The molecule has 1 aromatic carbocycles. The molecule has 0 aromatic heterocycles. The van der Waals surface area contributed by atoms with Crippen molar-refractivity contribution in [3.63, 3.8) is 0 Å². The van der Waals surface area contributed by atoms with Crippen molar-refractivity contribution in [2.75, 3.05) is 6.61 Å². The first kappa shape index (κ1) is 13.5. The van der Waals surface area contributed by atoms with Crippen LogP contribution in [0.25, 0.3) is 0 Å². The van der Waals surface area contributed by atoms with Crippen molar-refractivity contribution in [1.82, 2.24) is 5.32 Å². The molecular weight excluding hydrogens is 229 g/mol. The Morgan fingerprint density at radius 1 is 1.50 bits per heavy atom. The van der Waals surface area contributed by atoms with Crippen LogP contribution in [-0.2, 0) is 11.3 Å². The molecule has 2 rings (SSSR count). The molecule has 2 unspecified atom stereocenters. The molecule has 0 amide bonds. The van der Waals surface area contributed by atoms with Crippen LogP contribution in [0.1, 0.15) is 38.7 Å². The van der Waals surface area contributed by atoms with E-state index in [0.717, 1.165) is 38.0 Å². The molecule has 18 heavy (non-hydrogen) atoms. The minimum absolute atomic E-state index is 0.00213. The third-order valence-corrected chi connectivity index (χ3v) is 3.83. The van der Waals surface area contributed by atoms with Crippen LogP contribution < -0.4 is 5.32 Å². The lowest BCUT2D eigenvalue weighted by Crippen LogP contribution is -2.44. The van der Waals surface area contributed by atoms with E-state index in [2.05, 4.69) is 19.2 Å². The predicted molar refractivity (Wildman–Crippen MR) is 70.9 cm³/mol. The van der Waals surface area contributed by atoms with Gasteiger partial charge in [0.2, 0.25) is 0 Å². The van der Waals surface area contributed by atoms with Gasteiger partial charge < -0.3 is 10.1 Å². The Morgan fingerprint density at radius 2 is 2.33 bits per heavy atom. The van der Waals surface area contributed by atoms with Crippen molar-refractivity contribution in [2.45, 2.75) is 51.3 Å². The van der Waals surface area contributed by atoms with Gasteiger partial charge in [0.05, 0.1) is 5.60 Å². The van der Waals surface area contributed by atoms with Crippen LogP contribution in [0.15, 0.2) is 24.3 Å². The highest BCUT2D eigenvalue weighted by Gasteiger charge is 2.31. The van der Waals surface area contributed by atoms with Gasteiger partial charge >= 0.3 is 0 Å². The zero-order valence-electron chi connectivity index (χ0n) is 11.2. The Bertz CT molecular complexity index is 396. The first-order chi connectivity index (χ1) is 8.61. The summed E-state index contributed by atoms with van der Waals surface area (Å²) in [7, 11) is 0. The minimum atomic E-state index is -0.167. The molecule has 2 nitrogen and oxygen atoms in total. The number of ether oxygens (including phenoxy) is 1. The second-order valence-corrected chi connectivity index (χ2v) is 5.35. The maximum absolute atomic E-state index is 13.1. The van der Waals surface area contributed by atoms with Crippen LogP contribution >= 0.6 is 0 Å². The van der Waals surface area contributed by atoms with Crippen LogP contribution in [0, 0.1) is 5.82 Å². The molecule has 0 spiro atoms. The van der Waals surface area contributed by atoms with Gasteiger partial charge in [0, 0.05) is 19.2 Å². The summed E-state index contributed by atoms with van der Waals surface area (Å²) in [6, 6.07) is 7.24. The van der Waals surface area contributed by atoms with Crippen LogP contribution in [0.2, 0.25) is 0 Å². The zero-order valence-corrected chi connectivity index (χ0v) is 11.2. The van der Waals surface area contributed by atoms with Crippen LogP contribution in [0.4, 0.5) is 4.39 Å². The van der Waals surface area contributed by atoms with E-state index in [1.54, 1.807) is 12.1 Å². The molecule has 1 N–H and O–H groups in total. The van der Waals surface area contributed by atoms with E-state index in [4.69, 9.17) is 4.74 Å². The van der Waals surface area contributed by atoms with Crippen molar-refractivity contribution in [3.05, 3.63) is 35.6 Å². The predicted octanol–water partition coefficient (Wildman–Crippen LogP) is 3.26. The molecule has 1 aliphatic heterocycles. The fourth-order valence-corrected chi connectivity index (χ4v) is 2.46. The van der Waals surface area contributed by atoms with E-state index < -0.39 is 0 Å². The van der Waals surface area contributed by atoms with Gasteiger partial charge in [-0.05, 0) is 43.9 Å². The van der Waals surface area contributed by atoms with Gasteiger partial charge in [-0.2, -0.15) is 0 Å². The summed E-state index contributed by atoms with van der Waals surface area (Å²) in [5.74, 6) is -0.167. The SMILES string of the molecule is CCC1(C)CC(NCc2cccc(F)c2)CCO1. The summed E-state index contributed by atoms with van der Waals surface area (Å²) in [5, 5.41) is 3.51. The summed E-state index contributed by atoms with van der Waals surface area (Å²) in [6.45, 7) is 5.87. The van der Waals surface area contributed by atoms with Crippen LogP contribution in [0.5, 0.6) is 0 Å². The van der Waals surface area contributed by atoms with Gasteiger partial charge in [-0.25, -0.2) is 4.39 Å². The number of benzene rings is 1. The summed E-state index contributed by atoms with van der Waals surface area (Å²) < 4.78 is 18.9. The van der Waals surface area contributed by atoms with E-state index in [1.165, 1.54) is 6.07 Å². The van der Waals surface area contributed by atoms with E-state index in [0.29, 0.717) is 6.04 Å². The normalized spacial score (nSPS) is 28.3. The zero-order chi connectivity index (χ0) is 13.0. The van der Waals surface area contributed by atoms with Crippen molar-refractivity contribution in [1.29, 1.82) is 0 Å².